The summed E-state index contributed by atoms with van der Waals surface area (Å²) in [5.74, 6) is 0. The molecular formula is C12H28ClNO4. The van der Waals surface area contributed by atoms with Crippen molar-refractivity contribution in [3.8, 4) is 0 Å². The van der Waals surface area contributed by atoms with E-state index in [1.165, 1.54) is 19.3 Å². The molecule has 5 nitrogen and oxygen atoms in total. The second kappa shape index (κ2) is 8.30. The van der Waals surface area contributed by atoms with Crippen LogP contribution in [-0.4, -0.2) is 10.2 Å². The molecule has 0 fully saturated rings. The molecule has 0 heterocycles. The van der Waals surface area contributed by atoms with Gasteiger partial charge in [-0.1, -0.05) is 34.6 Å². The number of hydrogen-bond donors (Lipinski definition) is 2. The first-order valence-corrected chi connectivity index (χ1v) is 7.74. The molecule has 0 saturated heterocycles. The predicted molar refractivity (Wildman–Crippen MR) is 63.0 cm³/mol. The van der Waals surface area contributed by atoms with Gasteiger partial charge < -0.3 is 5.73 Å². The van der Waals surface area contributed by atoms with Crippen LogP contribution in [0.25, 0.3) is 0 Å². The van der Waals surface area contributed by atoms with Crippen LogP contribution in [0, 0.1) is 15.7 Å². The summed E-state index contributed by atoms with van der Waals surface area (Å²) < 4.78 is 32.7. The molecule has 0 aliphatic rings. The molecule has 0 aliphatic carbocycles. The molecule has 0 unspecified atom stereocenters. The van der Waals surface area contributed by atoms with Crippen molar-refractivity contribution in [3.63, 3.8) is 0 Å². The van der Waals surface area contributed by atoms with Gasteiger partial charge in [0.2, 0.25) is 0 Å². The fraction of sp³-hybridized carbons (Fsp3) is 1.00. The average molecular weight is 286 g/mol. The zero-order chi connectivity index (χ0) is 15.0. The van der Waals surface area contributed by atoms with E-state index in [-0.39, 0.29) is 5.54 Å². The fourth-order valence-electron chi connectivity index (χ4n) is 2.81. The minimum absolute atomic E-state index is 0.0469. The van der Waals surface area contributed by atoms with E-state index in [0.717, 1.165) is 12.8 Å². The standard InChI is InChI=1S/C12H27N.ClHO4/c1-6-11(7-2,8-3)12(13,9-4)10-5;2-1(3,4)5/h6-10,13H2,1-5H3;(H,2,3,4,5). The quantitative estimate of drug-likeness (QED) is 0.689. The molecule has 0 saturated carbocycles. The van der Waals surface area contributed by atoms with Crippen molar-refractivity contribution in [1.29, 1.82) is 0 Å². The highest BCUT2D eigenvalue weighted by molar-refractivity contribution is 4.98. The molecule has 0 aromatic carbocycles. The van der Waals surface area contributed by atoms with E-state index in [0.29, 0.717) is 5.41 Å². The van der Waals surface area contributed by atoms with E-state index < -0.39 is 10.2 Å². The monoisotopic (exact) mass is 285 g/mol. The van der Waals surface area contributed by atoms with Crippen LogP contribution in [0.4, 0.5) is 0 Å². The lowest BCUT2D eigenvalue weighted by Crippen LogP contribution is -2.58. The largest absolute Gasteiger partial charge is 0.325 e. The summed E-state index contributed by atoms with van der Waals surface area (Å²) in [4.78, 5) is 0. The second-order valence-electron chi connectivity index (χ2n) is 4.60. The highest BCUT2D eigenvalue weighted by Crippen LogP contribution is 2.43. The van der Waals surface area contributed by atoms with Gasteiger partial charge >= 0.3 is 0 Å². The van der Waals surface area contributed by atoms with Crippen LogP contribution < -0.4 is 19.7 Å². The summed E-state index contributed by atoms with van der Waals surface area (Å²) in [6.45, 7) is 11.3. The van der Waals surface area contributed by atoms with Gasteiger partial charge in [-0.3, -0.25) is 0 Å². The Hall–Kier alpha value is 0.0900. The van der Waals surface area contributed by atoms with Gasteiger partial charge in [-0.25, -0.2) is 0 Å². The van der Waals surface area contributed by atoms with Crippen LogP contribution >= 0.6 is 0 Å². The zero-order valence-electron chi connectivity index (χ0n) is 12.2. The molecule has 0 amide bonds. The Bertz CT molecular complexity index is 196. The van der Waals surface area contributed by atoms with E-state index in [2.05, 4.69) is 34.6 Å². The molecule has 0 spiro atoms. The zero-order valence-corrected chi connectivity index (χ0v) is 12.9. The Kier molecular flexibility index (Phi) is 9.41. The minimum atomic E-state index is -4.69. The molecule has 18 heavy (non-hydrogen) atoms. The van der Waals surface area contributed by atoms with Crippen molar-refractivity contribution in [1.82, 2.24) is 0 Å². The van der Waals surface area contributed by atoms with Crippen LogP contribution in [0.1, 0.15) is 66.7 Å². The number of rotatable bonds is 6. The molecule has 3 N–H and O–H groups in total. The molecular weight excluding hydrogens is 258 g/mol. The Morgan fingerprint density at radius 1 is 0.833 bits per heavy atom. The van der Waals surface area contributed by atoms with Gasteiger partial charge in [0, 0.05) is 5.54 Å². The molecule has 0 radical (unpaired) electrons. The SMILES string of the molecule is CCC(N)(CC)C(CC)(CC)CC.[O-][Cl+3]([O-])([O-])O. The summed E-state index contributed by atoms with van der Waals surface area (Å²) in [7, 11) is -4.69. The van der Waals surface area contributed by atoms with E-state index in [1.54, 1.807) is 0 Å². The molecule has 0 aromatic rings. The van der Waals surface area contributed by atoms with Gasteiger partial charge in [0.05, 0.1) is 14.9 Å². The van der Waals surface area contributed by atoms with Crippen molar-refractivity contribution in [3.05, 3.63) is 0 Å². The van der Waals surface area contributed by atoms with Gasteiger partial charge in [0.15, 0.2) is 0 Å². The highest BCUT2D eigenvalue weighted by atomic mass is 35.7. The molecule has 0 atom stereocenters. The highest BCUT2D eigenvalue weighted by Gasteiger charge is 2.41. The number of hydrogen-bond acceptors (Lipinski definition) is 5. The Labute approximate surface area is 113 Å². The van der Waals surface area contributed by atoms with Crippen LogP contribution in [0.2, 0.25) is 0 Å². The second-order valence-corrected chi connectivity index (χ2v) is 5.39. The first kappa shape index (κ1) is 20.4. The molecule has 0 rings (SSSR count). The minimum Gasteiger partial charge on any atom is -0.325 e. The van der Waals surface area contributed by atoms with Crippen molar-refractivity contribution >= 4 is 0 Å². The van der Waals surface area contributed by atoms with Crippen LogP contribution in [0.15, 0.2) is 0 Å². The lowest BCUT2D eigenvalue weighted by molar-refractivity contribution is -1.92. The van der Waals surface area contributed by atoms with Gasteiger partial charge in [-0.05, 0) is 37.5 Å². The fourth-order valence-corrected chi connectivity index (χ4v) is 2.81. The van der Waals surface area contributed by atoms with E-state index in [4.69, 9.17) is 24.4 Å². The summed E-state index contributed by atoms with van der Waals surface area (Å²) in [6, 6.07) is 0. The average Bonchev–Trinajstić information content (AvgIpc) is 2.29. The lowest BCUT2D eigenvalue weighted by atomic mass is 9.62. The number of halogens is 1. The summed E-state index contributed by atoms with van der Waals surface area (Å²) in [5.41, 5.74) is 6.91. The van der Waals surface area contributed by atoms with Crippen LogP contribution in [-0.2, 0) is 0 Å². The van der Waals surface area contributed by atoms with Crippen molar-refractivity contribution in [2.45, 2.75) is 72.3 Å². The molecule has 0 bridgehead atoms. The summed E-state index contributed by atoms with van der Waals surface area (Å²) >= 11 is 0. The van der Waals surface area contributed by atoms with Crippen molar-refractivity contribution in [2.75, 3.05) is 0 Å². The van der Waals surface area contributed by atoms with E-state index in [1.807, 2.05) is 0 Å². The third-order valence-electron chi connectivity index (χ3n) is 4.35. The van der Waals surface area contributed by atoms with Gasteiger partial charge in [-0.2, -0.15) is 14.0 Å². The predicted octanol–water partition coefficient (Wildman–Crippen LogP) is -0.404. The van der Waals surface area contributed by atoms with E-state index >= 15 is 0 Å². The van der Waals surface area contributed by atoms with Gasteiger partial charge in [0.25, 0.3) is 0 Å². The third kappa shape index (κ3) is 6.31. The smallest absolute Gasteiger partial charge is 0.0777 e. The maximum absolute atomic E-state index is 8.60. The Morgan fingerprint density at radius 2 is 1.06 bits per heavy atom. The van der Waals surface area contributed by atoms with E-state index in [9.17, 15) is 0 Å². The molecule has 112 valence electrons. The molecule has 6 heteroatoms. The Morgan fingerprint density at radius 3 is 1.11 bits per heavy atom. The van der Waals surface area contributed by atoms with Crippen molar-refractivity contribution < 1.29 is 28.9 Å². The molecule has 0 aliphatic heterocycles. The van der Waals surface area contributed by atoms with Gasteiger partial charge in [0.1, 0.15) is 0 Å². The Balaban J connectivity index is 0. The maximum atomic E-state index is 8.60. The topological polar surface area (TPSA) is 115 Å². The number of nitrogens with two attached hydrogens (primary N) is 1. The lowest BCUT2D eigenvalue weighted by Gasteiger charge is -2.47. The van der Waals surface area contributed by atoms with Crippen LogP contribution in [0.5, 0.6) is 0 Å². The normalized spacial score (nSPS) is 13.0. The summed E-state index contributed by atoms with van der Waals surface area (Å²) in [5, 5.41) is 0. The maximum Gasteiger partial charge on any atom is 0.0777 e. The summed E-state index contributed by atoms with van der Waals surface area (Å²) in [6.07, 6.45) is 5.81. The van der Waals surface area contributed by atoms with Crippen LogP contribution in [0.3, 0.4) is 0 Å². The molecule has 0 aromatic heterocycles. The first-order valence-electron chi connectivity index (χ1n) is 6.47. The third-order valence-corrected chi connectivity index (χ3v) is 4.35. The van der Waals surface area contributed by atoms with Crippen molar-refractivity contribution in [2.24, 2.45) is 11.1 Å². The van der Waals surface area contributed by atoms with Gasteiger partial charge in [-0.15, -0.1) is 0 Å². The first-order chi connectivity index (χ1) is 8.05.